The Morgan fingerprint density at radius 2 is 1.86 bits per heavy atom. The molecule has 114 valence electrons. The number of carbonyl (C=O) groups excluding carboxylic acids is 2. The van der Waals surface area contributed by atoms with Crippen molar-refractivity contribution in [1.29, 1.82) is 0 Å². The van der Waals surface area contributed by atoms with Gasteiger partial charge in [-0.3, -0.25) is 9.59 Å². The van der Waals surface area contributed by atoms with Crippen molar-refractivity contribution in [2.24, 2.45) is 0 Å². The lowest BCUT2D eigenvalue weighted by molar-refractivity contribution is -0.125. The highest BCUT2D eigenvalue weighted by Crippen LogP contribution is 2.20. The Kier molecular flexibility index (Phi) is 5.37. The molecule has 21 heavy (non-hydrogen) atoms. The number of anilines is 1. The minimum absolute atomic E-state index is 0.00550. The first-order chi connectivity index (χ1) is 10.2. The first-order valence-electron chi connectivity index (χ1n) is 7.85. The molecule has 0 aromatic heterocycles. The van der Waals surface area contributed by atoms with Crippen LogP contribution in [0, 0.1) is 0 Å². The van der Waals surface area contributed by atoms with E-state index in [-0.39, 0.29) is 17.9 Å². The summed E-state index contributed by atoms with van der Waals surface area (Å²) in [5, 5.41) is 2.83. The van der Waals surface area contributed by atoms with Gasteiger partial charge >= 0.3 is 0 Å². The van der Waals surface area contributed by atoms with Crippen molar-refractivity contribution in [2.45, 2.75) is 52.0 Å². The van der Waals surface area contributed by atoms with E-state index in [2.05, 4.69) is 24.4 Å². The van der Waals surface area contributed by atoms with Gasteiger partial charge in [0.15, 0.2) is 0 Å². The molecule has 0 saturated carbocycles. The van der Waals surface area contributed by atoms with E-state index in [4.69, 9.17) is 0 Å². The Balaban J connectivity index is 2.19. The number of carbonyl (C=O) groups is 2. The Labute approximate surface area is 126 Å². The van der Waals surface area contributed by atoms with E-state index in [1.54, 1.807) is 4.90 Å². The molecule has 0 spiro atoms. The van der Waals surface area contributed by atoms with E-state index in [1.807, 2.05) is 19.1 Å². The number of benzene rings is 1. The lowest BCUT2D eigenvalue weighted by Crippen LogP contribution is -2.44. The maximum Gasteiger partial charge on any atom is 0.249 e. The third-order valence-electron chi connectivity index (χ3n) is 3.83. The van der Waals surface area contributed by atoms with E-state index >= 15 is 0 Å². The molecule has 4 nitrogen and oxygen atoms in total. The zero-order valence-electron chi connectivity index (χ0n) is 12.9. The van der Waals surface area contributed by atoms with Gasteiger partial charge in [0.05, 0.1) is 0 Å². The summed E-state index contributed by atoms with van der Waals surface area (Å²) in [5.74, 6) is -0.0298. The molecule has 0 bridgehead atoms. The SMILES string of the molecule is CCCc1ccc(N2CCC(=O)NC(CCC)C2=O)cc1. The van der Waals surface area contributed by atoms with Gasteiger partial charge in [0.1, 0.15) is 6.04 Å². The number of hydrogen-bond acceptors (Lipinski definition) is 2. The molecular formula is C17H24N2O2. The number of amides is 2. The van der Waals surface area contributed by atoms with E-state index in [0.717, 1.165) is 24.9 Å². The Morgan fingerprint density at radius 1 is 1.14 bits per heavy atom. The van der Waals surface area contributed by atoms with E-state index in [1.165, 1.54) is 5.56 Å². The molecule has 0 radical (unpaired) electrons. The monoisotopic (exact) mass is 288 g/mol. The second-order valence-electron chi connectivity index (χ2n) is 5.57. The van der Waals surface area contributed by atoms with Gasteiger partial charge < -0.3 is 10.2 Å². The zero-order chi connectivity index (χ0) is 15.2. The molecule has 1 heterocycles. The molecule has 1 aliphatic heterocycles. The summed E-state index contributed by atoms with van der Waals surface area (Å²) in [4.78, 5) is 26.1. The summed E-state index contributed by atoms with van der Waals surface area (Å²) in [7, 11) is 0. The van der Waals surface area contributed by atoms with Crippen LogP contribution in [0.15, 0.2) is 24.3 Å². The molecule has 1 aliphatic rings. The molecule has 1 aromatic rings. The van der Waals surface area contributed by atoms with Crippen LogP contribution in [0.3, 0.4) is 0 Å². The highest BCUT2D eigenvalue weighted by atomic mass is 16.2. The van der Waals surface area contributed by atoms with Crippen LogP contribution in [-0.4, -0.2) is 24.4 Å². The van der Waals surface area contributed by atoms with Crippen LogP contribution in [0.5, 0.6) is 0 Å². The fraction of sp³-hybridized carbons (Fsp3) is 0.529. The predicted octanol–water partition coefficient (Wildman–Crippen LogP) is 2.66. The van der Waals surface area contributed by atoms with Gasteiger partial charge in [0, 0.05) is 18.7 Å². The van der Waals surface area contributed by atoms with Crippen LogP contribution < -0.4 is 10.2 Å². The van der Waals surface area contributed by atoms with Crippen molar-refractivity contribution in [1.82, 2.24) is 5.32 Å². The minimum atomic E-state index is -0.389. The topological polar surface area (TPSA) is 49.4 Å². The minimum Gasteiger partial charge on any atom is -0.344 e. The van der Waals surface area contributed by atoms with Crippen molar-refractivity contribution in [3.05, 3.63) is 29.8 Å². The van der Waals surface area contributed by atoms with Crippen LogP contribution in [-0.2, 0) is 16.0 Å². The summed E-state index contributed by atoms with van der Waals surface area (Å²) in [6.45, 7) is 4.63. The van der Waals surface area contributed by atoms with Gasteiger partial charge in [-0.15, -0.1) is 0 Å². The molecule has 1 atom stereocenters. The van der Waals surface area contributed by atoms with Crippen LogP contribution in [0.1, 0.15) is 45.1 Å². The highest BCUT2D eigenvalue weighted by molar-refractivity contribution is 6.01. The van der Waals surface area contributed by atoms with Gasteiger partial charge in [-0.1, -0.05) is 38.8 Å². The molecule has 4 heteroatoms. The Hall–Kier alpha value is -1.84. The Morgan fingerprint density at radius 3 is 2.48 bits per heavy atom. The maximum atomic E-state index is 12.6. The molecule has 2 rings (SSSR count). The maximum absolute atomic E-state index is 12.6. The summed E-state index contributed by atoms with van der Waals surface area (Å²) in [6.07, 6.45) is 4.09. The van der Waals surface area contributed by atoms with Crippen LogP contribution >= 0.6 is 0 Å². The third kappa shape index (κ3) is 3.84. The number of rotatable bonds is 5. The molecule has 1 unspecified atom stereocenters. The molecule has 1 saturated heterocycles. The third-order valence-corrected chi connectivity index (χ3v) is 3.83. The molecule has 1 fully saturated rings. The first kappa shape index (κ1) is 15.5. The van der Waals surface area contributed by atoms with Crippen LogP contribution in [0.2, 0.25) is 0 Å². The highest BCUT2D eigenvalue weighted by Gasteiger charge is 2.29. The fourth-order valence-electron chi connectivity index (χ4n) is 2.71. The van der Waals surface area contributed by atoms with Crippen LogP contribution in [0.25, 0.3) is 0 Å². The normalized spacial score (nSPS) is 19.3. The summed E-state index contributed by atoms with van der Waals surface area (Å²) in [5.41, 5.74) is 2.17. The lowest BCUT2D eigenvalue weighted by atomic mass is 10.1. The number of nitrogens with one attached hydrogen (secondary N) is 1. The number of nitrogens with zero attached hydrogens (tertiary/aromatic N) is 1. The molecule has 2 amide bonds. The molecular weight excluding hydrogens is 264 g/mol. The molecule has 1 N–H and O–H groups in total. The first-order valence-corrected chi connectivity index (χ1v) is 7.85. The molecule has 0 aliphatic carbocycles. The van der Waals surface area contributed by atoms with Crippen molar-refractivity contribution >= 4 is 17.5 Å². The van der Waals surface area contributed by atoms with Crippen LogP contribution in [0.4, 0.5) is 5.69 Å². The lowest BCUT2D eigenvalue weighted by Gasteiger charge is -2.24. The van der Waals surface area contributed by atoms with Crippen molar-refractivity contribution < 1.29 is 9.59 Å². The second-order valence-corrected chi connectivity index (χ2v) is 5.57. The van der Waals surface area contributed by atoms with Crippen molar-refractivity contribution in [3.8, 4) is 0 Å². The zero-order valence-corrected chi connectivity index (χ0v) is 12.9. The van der Waals surface area contributed by atoms with E-state index < -0.39 is 0 Å². The standard InChI is InChI=1S/C17H24N2O2/c1-3-5-13-7-9-14(10-8-13)19-12-11-16(20)18-15(6-4-2)17(19)21/h7-10,15H,3-6,11-12H2,1-2H3,(H,18,20). The van der Waals surface area contributed by atoms with Gasteiger partial charge in [-0.25, -0.2) is 0 Å². The van der Waals surface area contributed by atoms with Gasteiger partial charge in [0.25, 0.3) is 0 Å². The average molecular weight is 288 g/mol. The summed E-state index contributed by atoms with van der Waals surface area (Å²) < 4.78 is 0. The molecule has 1 aromatic carbocycles. The van der Waals surface area contributed by atoms with Gasteiger partial charge in [-0.05, 0) is 30.5 Å². The number of hydrogen-bond donors (Lipinski definition) is 1. The Bertz CT molecular complexity index is 496. The van der Waals surface area contributed by atoms with E-state index in [9.17, 15) is 9.59 Å². The largest absolute Gasteiger partial charge is 0.344 e. The fourth-order valence-corrected chi connectivity index (χ4v) is 2.71. The predicted molar refractivity (Wildman–Crippen MR) is 84.2 cm³/mol. The van der Waals surface area contributed by atoms with Gasteiger partial charge in [0.2, 0.25) is 11.8 Å². The smallest absolute Gasteiger partial charge is 0.249 e. The summed E-state index contributed by atoms with van der Waals surface area (Å²) in [6, 6.07) is 7.73. The van der Waals surface area contributed by atoms with Gasteiger partial charge in [-0.2, -0.15) is 0 Å². The quantitative estimate of drug-likeness (QED) is 0.905. The summed E-state index contributed by atoms with van der Waals surface area (Å²) >= 11 is 0. The van der Waals surface area contributed by atoms with Crippen molar-refractivity contribution in [3.63, 3.8) is 0 Å². The second kappa shape index (κ2) is 7.25. The average Bonchev–Trinajstić information content (AvgIpc) is 2.61. The van der Waals surface area contributed by atoms with E-state index in [0.29, 0.717) is 19.4 Å². The number of aryl methyl sites for hydroxylation is 1. The van der Waals surface area contributed by atoms with Crippen molar-refractivity contribution in [2.75, 3.05) is 11.4 Å².